The lowest BCUT2D eigenvalue weighted by Gasteiger charge is -2.18. The minimum Gasteiger partial charge on any atom is -0.481 e. The van der Waals surface area contributed by atoms with Gasteiger partial charge >= 0.3 is 5.97 Å². The molecule has 1 amide bonds. The third-order valence-corrected chi connectivity index (χ3v) is 4.32. The van der Waals surface area contributed by atoms with E-state index in [1.165, 1.54) is 0 Å². The molecule has 0 aliphatic rings. The smallest absolute Gasteiger partial charge is 0.309 e. The molecular formula is C18H31N3O3. The summed E-state index contributed by atoms with van der Waals surface area (Å²) in [4.78, 5) is 23.0. The average Bonchev–Trinajstić information content (AvgIpc) is 2.70. The second-order valence-corrected chi connectivity index (χ2v) is 7.51. The number of carboxylic acid groups (broad SMARTS) is 1. The van der Waals surface area contributed by atoms with Gasteiger partial charge in [-0.15, -0.1) is 0 Å². The van der Waals surface area contributed by atoms with E-state index in [0.717, 1.165) is 23.5 Å². The molecule has 0 bridgehead atoms. The summed E-state index contributed by atoms with van der Waals surface area (Å²) in [6.07, 6.45) is 1.46. The Morgan fingerprint density at radius 1 is 1.29 bits per heavy atom. The predicted octanol–water partition coefficient (Wildman–Crippen LogP) is 2.71. The van der Waals surface area contributed by atoms with E-state index >= 15 is 0 Å². The first-order chi connectivity index (χ1) is 11.0. The zero-order valence-electron chi connectivity index (χ0n) is 15.8. The topological polar surface area (TPSA) is 84.2 Å². The van der Waals surface area contributed by atoms with Gasteiger partial charge < -0.3 is 10.4 Å². The number of aryl methyl sites for hydroxylation is 1. The molecule has 0 fully saturated rings. The first-order valence-electron chi connectivity index (χ1n) is 8.57. The quantitative estimate of drug-likeness (QED) is 0.725. The molecule has 0 aromatic carbocycles. The molecule has 1 heterocycles. The molecule has 136 valence electrons. The molecule has 6 heteroatoms. The van der Waals surface area contributed by atoms with Gasteiger partial charge in [-0.3, -0.25) is 14.3 Å². The van der Waals surface area contributed by atoms with Gasteiger partial charge in [0.05, 0.1) is 11.1 Å². The summed E-state index contributed by atoms with van der Waals surface area (Å²) in [5.74, 6) is -0.371. The molecule has 1 aromatic heterocycles. The van der Waals surface area contributed by atoms with Crippen molar-refractivity contribution in [3.05, 3.63) is 17.0 Å². The van der Waals surface area contributed by atoms with E-state index < -0.39 is 11.4 Å². The van der Waals surface area contributed by atoms with Gasteiger partial charge in [0, 0.05) is 25.2 Å². The monoisotopic (exact) mass is 337 g/mol. The van der Waals surface area contributed by atoms with Crippen molar-refractivity contribution in [1.29, 1.82) is 0 Å². The number of carbonyl (C=O) groups excluding carboxylic acids is 1. The summed E-state index contributed by atoms with van der Waals surface area (Å²) >= 11 is 0. The number of aromatic nitrogens is 2. The first kappa shape index (κ1) is 20.2. The highest BCUT2D eigenvalue weighted by atomic mass is 16.4. The summed E-state index contributed by atoms with van der Waals surface area (Å²) in [5, 5.41) is 16.4. The Bertz CT molecular complexity index is 589. The van der Waals surface area contributed by atoms with Crippen LogP contribution in [0.1, 0.15) is 57.5 Å². The van der Waals surface area contributed by atoms with Crippen LogP contribution in [-0.2, 0) is 22.6 Å². The van der Waals surface area contributed by atoms with Crippen LogP contribution in [0.25, 0.3) is 0 Å². The standard InChI is InChI=1S/C18H31N3O3/c1-12(2)11-21-14(4)15(13(3)20-21)7-8-16(22)19-10-9-18(5,6)17(23)24/h12H,7-11H2,1-6H3,(H,19,22)(H,23,24). The summed E-state index contributed by atoms with van der Waals surface area (Å²) in [6, 6.07) is 0. The highest BCUT2D eigenvalue weighted by Gasteiger charge is 2.26. The van der Waals surface area contributed by atoms with Crippen molar-refractivity contribution < 1.29 is 14.7 Å². The molecule has 0 aliphatic carbocycles. The number of nitrogens with zero attached hydrogens (tertiary/aromatic N) is 2. The lowest BCUT2D eigenvalue weighted by molar-refractivity contribution is -0.147. The van der Waals surface area contributed by atoms with Crippen LogP contribution in [-0.4, -0.2) is 33.3 Å². The molecule has 2 N–H and O–H groups in total. The van der Waals surface area contributed by atoms with Gasteiger partial charge in [0.1, 0.15) is 0 Å². The Kier molecular flexibility index (Phi) is 6.99. The molecule has 0 aliphatic heterocycles. The van der Waals surface area contributed by atoms with Crippen molar-refractivity contribution in [2.45, 2.75) is 67.3 Å². The van der Waals surface area contributed by atoms with E-state index in [-0.39, 0.29) is 5.91 Å². The van der Waals surface area contributed by atoms with Gasteiger partial charge in [-0.1, -0.05) is 13.8 Å². The number of hydrogen-bond acceptors (Lipinski definition) is 3. The fourth-order valence-electron chi connectivity index (χ4n) is 2.57. The van der Waals surface area contributed by atoms with Crippen LogP contribution in [0.15, 0.2) is 0 Å². The number of aliphatic carboxylic acids is 1. The first-order valence-corrected chi connectivity index (χ1v) is 8.57. The van der Waals surface area contributed by atoms with Crippen LogP contribution in [0.5, 0.6) is 0 Å². The third kappa shape index (κ3) is 5.65. The summed E-state index contributed by atoms with van der Waals surface area (Å²) in [6.45, 7) is 12.9. The second-order valence-electron chi connectivity index (χ2n) is 7.51. The minimum absolute atomic E-state index is 0.0494. The largest absolute Gasteiger partial charge is 0.481 e. The van der Waals surface area contributed by atoms with E-state index in [9.17, 15) is 9.59 Å². The Morgan fingerprint density at radius 3 is 2.46 bits per heavy atom. The van der Waals surface area contributed by atoms with Crippen LogP contribution < -0.4 is 5.32 Å². The molecule has 1 aromatic rings. The van der Waals surface area contributed by atoms with Gasteiger partial charge in [-0.2, -0.15) is 5.10 Å². The van der Waals surface area contributed by atoms with Crippen molar-refractivity contribution in [3.8, 4) is 0 Å². The Labute approximate surface area is 144 Å². The van der Waals surface area contributed by atoms with Gasteiger partial charge in [0.25, 0.3) is 0 Å². The van der Waals surface area contributed by atoms with E-state index in [2.05, 4.69) is 24.3 Å². The van der Waals surface area contributed by atoms with Gasteiger partial charge in [0.15, 0.2) is 0 Å². The van der Waals surface area contributed by atoms with Crippen molar-refractivity contribution in [2.24, 2.45) is 11.3 Å². The Morgan fingerprint density at radius 2 is 1.92 bits per heavy atom. The summed E-state index contributed by atoms with van der Waals surface area (Å²) in [5.41, 5.74) is 2.42. The zero-order chi connectivity index (χ0) is 18.5. The number of carbonyl (C=O) groups is 2. The molecule has 0 atom stereocenters. The maximum absolute atomic E-state index is 12.0. The second kappa shape index (κ2) is 8.31. The van der Waals surface area contributed by atoms with Crippen LogP contribution in [0.3, 0.4) is 0 Å². The SMILES string of the molecule is Cc1nn(CC(C)C)c(C)c1CCC(=O)NCCC(C)(C)C(=O)O. The normalized spacial score (nSPS) is 11.8. The summed E-state index contributed by atoms with van der Waals surface area (Å²) < 4.78 is 2.02. The van der Waals surface area contributed by atoms with E-state index in [1.54, 1.807) is 13.8 Å². The molecule has 0 spiro atoms. The van der Waals surface area contributed by atoms with Gasteiger partial charge in [-0.05, 0) is 52.0 Å². The lowest BCUT2D eigenvalue weighted by atomic mass is 9.90. The number of amides is 1. The van der Waals surface area contributed by atoms with Crippen molar-refractivity contribution in [3.63, 3.8) is 0 Å². The van der Waals surface area contributed by atoms with Crippen molar-refractivity contribution in [1.82, 2.24) is 15.1 Å². The van der Waals surface area contributed by atoms with E-state index in [0.29, 0.717) is 31.7 Å². The van der Waals surface area contributed by atoms with Crippen LogP contribution in [0, 0.1) is 25.2 Å². The molecule has 0 unspecified atom stereocenters. The number of hydrogen-bond donors (Lipinski definition) is 2. The predicted molar refractivity (Wildman–Crippen MR) is 93.9 cm³/mol. The molecule has 1 rings (SSSR count). The number of nitrogens with one attached hydrogen (secondary N) is 1. The Balaban J connectivity index is 2.50. The van der Waals surface area contributed by atoms with E-state index in [4.69, 9.17) is 5.11 Å². The van der Waals surface area contributed by atoms with Crippen LogP contribution in [0.4, 0.5) is 0 Å². The fourth-order valence-corrected chi connectivity index (χ4v) is 2.57. The highest BCUT2D eigenvalue weighted by molar-refractivity contribution is 5.76. The van der Waals surface area contributed by atoms with Crippen molar-refractivity contribution >= 4 is 11.9 Å². The highest BCUT2D eigenvalue weighted by Crippen LogP contribution is 2.19. The average molecular weight is 337 g/mol. The van der Waals surface area contributed by atoms with Gasteiger partial charge in [-0.25, -0.2) is 0 Å². The zero-order valence-corrected chi connectivity index (χ0v) is 15.8. The van der Waals surface area contributed by atoms with Crippen LogP contribution >= 0.6 is 0 Å². The molecular weight excluding hydrogens is 306 g/mol. The molecule has 24 heavy (non-hydrogen) atoms. The Hall–Kier alpha value is -1.85. The summed E-state index contributed by atoms with van der Waals surface area (Å²) in [7, 11) is 0. The maximum Gasteiger partial charge on any atom is 0.309 e. The van der Waals surface area contributed by atoms with Gasteiger partial charge in [0.2, 0.25) is 5.91 Å². The molecule has 0 radical (unpaired) electrons. The molecule has 0 saturated carbocycles. The number of rotatable bonds is 9. The molecule has 0 saturated heterocycles. The minimum atomic E-state index is -0.847. The van der Waals surface area contributed by atoms with Crippen LogP contribution in [0.2, 0.25) is 0 Å². The maximum atomic E-state index is 12.0. The third-order valence-electron chi connectivity index (χ3n) is 4.32. The van der Waals surface area contributed by atoms with Crippen molar-refractivity contribution in [2.75, 3.05) is 6.54 Å². The molecule has 6 nitrogen and oxygen atoms in total. The fraction of sp³-hybridized carbons (Fsp3) is 0.722. The lowest BCUT2D eigenvalue weighted by Crippen LogP contribution is -2.32. The van der Waals surface area contributed by atoms with E-state index in [1.807, 2.05) is 18.5 Å². The number of carboxylic acids is 1.